The molecule has 0 radical (unpaired) electrons. The molecule has 2 aromatic rings. The summed E-state index contributed by atoms with van der Waals surface area (Å²) in [6.07, 6.45) is 3.44. The molecular weight excluding hydrogens is 278 g/mol. The van der Waals surface area contributed by atoms with Gasteiger partial charge >= 0.3 is 0 Å². The molecule has 0 aliphatic rings. The molecule has 6 heteroatoms. The lowest BCUT2D eigenvalue weighted by atomic mass is 10.4. The Hall–Kier alpha value is -1.14. The highest BCUT2D eigenvalue weighted by Crippen LogP contribution is 2.10. The van der Waals surface area contributed by atoms with E-state index < -0.39 is 0 Å². The van der Waals surface area contributed by atoms with Crippen molar-refractivity contribution in [1.82, 2.24) is 15.3 Å². The number of carbonyl (C=O) groups excluding carboxylic acids is 1. The molecule has 0 unspecified atom stereocenters. The lowest BCUT2D eigenvalue weighted by molar-refractivity contribution is 0.0946. The van der Waals surface area contributed by atoms with E-state index in [0.717, 1.165) is 9.48 Å². The number of amides is 1. The van der Waals surface area contributed by atoms with Crippen LogP contribution in [0.5, 0.6) is 0 Å². The number of carbonyl (C=O) groups is 1. The highest BCUT2D eigenvalue weighted by atomic mass is 79.9. The van der Waals surface area contributed by atoms with Crippen molar-refractivity contribution in [2.45, 2.75) is 6.54 Å². The summed E-state index contributed by atoms with van der Waals surface area (Å²) in [5.41, 5.74) is 0.540. The fourth-order valence-electron chi connectivity index (χ4n) is 1.09. The van der Waals surface area contributed by atoms with Crippen molar-refractivity contribution in [3.63, 3.8) is 0 Å². The van der Waals surface area contributed by atoms with Crippen LogP contribution < -0.4 is 5.32 Å². The standard InChI is InChI=1S/C9H8BrN3OS/c10-6-3-7(12-4-6)9(14)13-5-8-11-1-2-15-8/h1-4,12H,5H2,(H,13,14). The van der Waals surface area contributed by atoms with Crippen LogP contribution in [0.2, 0.25) is 0 Å². The number of aromatic nitrogens is 2. The van der Waals surface area contributed by atoms with Gasteiger partial charge in [0.15, 0.2) is 0 Å². The van der Waals surface area contributed by atoms with E-state index in [9.17, 15) is 4.79 Å². The number of hydrogen-bond acceptors (Lipinski definition) is 3. The first-order chi connectivity index (χ1) is 7.25. The molecule has 78 valence electrons. The van der Waals surface area contributed by atoms with Gasteiger partial charge in [0.2, 0.25) is 0 Å². The van der Waals surface area contributed by atoms with Gasteiger partial charge in [0, 0.05) is 22.2 Å². The average molecular weight is 286 g/mol. The van der Waals surface area contributed by atoms with Crippen LogP contribution in [0.3, 0.4) is 0 Å². The van der Waals surface area contributed by atoms with Crippen LogP contribution in [0.1, 0.15) is 15.5 Å². The minimum absolute atomic E-state index is 0.129. The van der Waals surface area contributed by atoms with Crippen LogP contribution in [0.25, 0.3) is 0 Å². The first kappa shape index (κ1) is 10.4. The molecule has 0 fully saturated rings. The normalized spacial score (nSPS) is 10.2. The van der Waals surface area contributed by atoms with Gasteiger partial charge in [0.1, 0.15) is 10.7 Å². The zero-order valence-electron chi connectivity index (χ0n) is 7.66. The SMILES string of the molecule is O=C(NCc1nccs1)c1cc(Br)c[nH]1. The number of halogens is 1. The summed E-state index contributed by atoms with van der Waals surface area (Å²) in [6, 6.07) is 1.73. The topological polar surface area (TPSA) is 57.8 Å². The molecule has 2 heterocycles. The summed E-state index contributed by atoms with van der Waals surface area (Å²) in [5, 5.41) is 5.55. The van der Waals surface area contributed by atoms with Gasteiger partial charge in [-0.15, -0.1) is 11.3 Å². The molecule has 15 heavy (non-hydrogen) atoms. The summed E-state index contributed by atoms with van der Waals surface area (Å²) >= 11 is 4.79. The van der Waals surface area contributed by atoms with Crippen molar-refractivity contribution in [1.29, 1.82) is 0 Å². The number of hydrogen-bond donors (Lipinski definition) is 2. The van der Waals surface area contributed by atoms with E-state index in [4.69, 9.17) is 0 Å². The van der Waals surface area contributed by atoms with E-state index in [2.05, 4.69) is 31.2 Å². The molecule has 0 saturated carbocycles. The zero-order chi connectivity index (χ0) is 10.7. The first-order valence-corrected chi connectivity index (χ1v) is 5.93. The summed E-state index contributed by atoms with van der Waals surface area (Å²) in [4.78, 5) is 18.5. The van der Waals surface area contributed by atoms with E-state index in [-0.39, 0.29) is 5.91 Å². The summed E-state index contributed by atoms with van der Waals surface area (Å²) < 4.78 is 0.863. The van der Waals surface area contributed by atoms with E-state index in [1.165, 1.54) is 11.3 Å². The van der Waals surface area contributed by atoms with E-state index >= 15 is 0 Å². The molecule has 0 aromatic carbocycles. The Morgan fingerprint density at radius 3 is 3.13 bits per heavy atom. The Labute approximate surface area is 98.9 Å². The second kappa shape index (κ2) is 4.59. The molecule has 0 atom stereocenters. The molecule has 0 saturated heterocycles. The predicted molar refractivity (Wildman–Crippen MR) is 61.8 cm³/mol. The maximum atomic E-state index is 11.6. The number of nitrogens with one attached hydrogen (secondary N) is 2. The van der Waals surface area contributed by atoms with Gasteiger partial charge in [-0.25, -0.2) is 4.98 Å². The smallest absolute Gasteiger partial charge is 0.268 e. The van der Waals surface area contributed by atoms with Crippen LogP contribution in [0.15, 0.2) is 28.3 Å². The van der Waals surface area contributed by atoms with Gasteiger partial charge in [0.25, 0.3) is 5.91 Å². The average Bonchev–Trinajstić information content (AvgIpc) is 2.84. The van der Waals surface area contributed by atoms with Crippen molar-refractivity contribution in [3.8, 4) is 0 Å². The second-order valence-corrected chi connectivity index (χ2v) is 4.73. The number of H-pyrrole nitrogens is 1. The molecule has 2 rings (SSSR count). The zero-order valence-corrected chi connectivity index (χ0v) is 10.1. The van der Waals surface area contributed by atoms with Gasteiger partial charge < -0.3 is 10.3 Å². The number of nitrogens with zero attached hydrogens (tertiary/aromatic N) is 1. The van der Waals surface area contributed by atoms with Crippen LogP contribution in [0.4, 0.5) is 0 Å². The third kappa shape index (κ3) is 2.66. The molecule has 0 bridgehead atoms. The third-order valence-corrected chi connectivity index (χ3v) is 3.01. The van der Waals surface area contributed by atoms with Crippen LogP contribution in [-0.4, -0.2) is 15.9 Å². The van der Waals surface area contributed by atoms with Gasteiger partial charge in [-0.05, 0) is 22.0 Å². The molecular formula is C9H8BrN3OS. The van der Waals surface area contributed by atoms with Crippen LogP contribution >= 0.6 is 27.3 Å². The van der Waals surface area contributed by atoms with E-state index in [1.807, 2.05) is 5.38 Å². The van der Waals surface area contributed by atoms with E-state index in [1.54, 1.807) is 18.5 Å². The molecule has 0 aliphatic carbocycles. The van der Waals surface area contributed by atoms with Crippen molar-refractivity contribution in [3.05, 3.63) is 39.0 Å². The minimum atomic E-state index is -0.129. The van der Waals surface area contributed by atoms with Crippen molar-refractivity contribution < 1.29 is 4.79 Å². The maximum Gasteiger partial charge on any atom is 0.268 e. The molecule has 1 amide bonds. The van der Waals surface area contributed by atoms with Gasteiger partial charge in [-0.2, -0.15) is 0 Å². The quantitative estimate of drug-likeness (QED) is 0.908. The van der Waals surface area contributed by atoms with Crippen molar-refractivity contribution in [2.24, 2.45) is 0 Å². The molecule has 2 aromatic heterocycles. The second-order valence-electron chi connectivity index (χ2n) is 2.84. The highest BCUT2D eigenvalue weighted by molar-refractivity contribution is 9.10. The molecule has 2 N–H and O–H groups in total. The summed E-state index contributed by atoms with van der Waals surface area (Å²) in [5.74, 6) is -0.129. The molecule has 0 aliphatic heterocycles. The molecule has 4 nitrogen and oxygen atoms in total. The maximum absolute atomic E-state index is 11.6. The van der Waals surface area contributed by atoms with E-state index in [0.29, 0.717) is 12.2 Å². The van der Waals surface area contributed by atoms with Gasteiger partial charge in [0.05, 0.1) is 6.54 Å². The van der Waals surface area contributed by atoms with Gasteiger partial charge in [-0.3, -0.25) is 4.79 Å². The van der Waals surface area contributed by atoms with Crippen LogP contribution in [-0.2, 0) is 6.54 Å². The number of aromatic amines is 1. The predicted octanol–water partition coefficient (Wildman–Crippen LogP) is 2.16. The fraction of sp³-hybridized carbons (Fsp3) is 0.111. The van der Waals surface area contributed by atoms with Crippen molar-refractivity contribution >= 4 is 33.2 Å². The third-order valence-electron chi connectivity index (χ3n) is 1.78. The minimum Gasteiger partial charge on any atom is -0.356 e. The highest BCUT2D eigenvalue weighted by Gasteiger charge is 2.07. The fourth-order valence-corrected chi connectivity index (χ4v) is 1.99. The Bertz CT molecular complexity index is 452. The summed E-state index contributed by atoms with van der Waals surface area (Å²) in [6.45, 7) is 0.465. The van der Waals surface area contributed by atoms with Gasteiger partial charge in [-0.1, -0.05) is 0 Å². The first-order valence-electron chi connectivity index (χ1n) is 4.26. The Morgan fingerprint density at radius 1 is 1.67 bits per heavy atom. The van der Waals surface area contributed by atoms with Crippen LogP contribution in [0, 0.1) is 0 Å². The van der Waals surface area contributed by atoms with Crippen molar-refractivity contribution in [2.75, 3.05) is 0 Å². The Morgan fingerprint density at radius 2 is 2.53 bits per heavy atom. The molecule has 0 spiro atoms. The largest absolute Gasteiger partial charge is 0.356 e. The lowest BCUT2D eigenvalue weighted by Gasteiger charge is -1.99. The Balaban J connectivity index is 1.93. The Kier molecular flexibility index (Phi) is 3.17. The number of thiazole rings is 1. The monoisotopic (exact) mass is 285 g/mol. The lowest BCUT2D eigenvalue weighted by Crippen LogP contribution is -2.22. The summed E-state index contributed by atoms with van der Waals surface area (Å²) in [7, 11) is 0. The number of rotatable bonds is 3.